The maximum Gasteiger partial charge on any atom is 0.314 e. The summed E-state index contributed by atoms with van der Waals surface area (Å²) in [6.07, 6.45) is 8.76. The Kier molecular flexibility index (Phi) is 3.34. The average Bonchev–Trinajstić information content (AvgIpc) is 3.11. The SMILES string of the molecule is O=C(O)C1(c2ccccc2C2CCCC2)CCCC1. The molecule has 0 atom stereocenters. The average molecular weight is 258 g/mol. The third-order valence-electron chi connectivity index (χ3n) is 5.14. The van der Waals surface area contributed by atoms with Gasteiger partial charge < -0.3 is 5.11 Å². The van der Waals surface area contributed by atoms with Crippen molar-refractivity contribution in [3.63, 3.8) is 0 Å². The van der Waals surface area contributed by atoms with E-state index in [2.05, 4.69) is 18.2 Å². The Morgan fingerprint density at radius 1 is 1.05 bits per heavy atom. The Balaban J connectivity index is 2.05. The maximum atomic E-state index is 11.9. The molecule has 2 heteroatoms. The summed E-state index contributed by atoms with van der Waals surface area (Å²) >= 11 is 0. The molecule has 0 bridgehead atoms. The first kappa shape index (κ1) is 12.7. The van der Waals surface area contributed by atoms with Crippen molar-refractivity contribution in [3.8, 4) is 0 Å². The summed E-state index contributed by atoms with van der Waals surface area (Å²) in [7, 11) is 0. The van der Waals surface area contributed by atoms with E-state index in [4.69, 9.17) is 0 Å². The minimum absolute atomic E-state index is 0.591. The molecular formula is C17H22O2. The highest BCUT2D eigenvalue weighted by Gasteiger charge is 2.44. The molecule has 1 aromatic carbocycles. The van der Waals surface area contributed by atoms with E-state index in [-0.39, 0.29) is 0 Å². The number of carboxylic acids is 1. The summed E-state index contributed by atoms with van der Waals surface area (Å²) in [6.45, 7) is 0. The fourth-order valence-corrected chi connectivity index (χ4v) is 4.10. The van der Waals surface area contributed by atoms with Crippen molar-refractivity contribution in [2.75, 3.05) is 0 Å². The molecule has 0 aliphatic heterocycles. The van der Waals surface area contributed by atoms with Crippen molar-refractivity contribution >= 4 is 5.97 Å². The van der Waals surface area contributed by atoms with E-state index in [9.17, 15) is 9.90 Å². The quantitative estimate of drug-likeness (QED) is 0.880. The van der Waals surface area contributed by atoms with Crippen LogP contribution in [0.1, 0.15) is 68.4 Å². The molecule has 0 spiro atoms. The van der Waals surface area contributed by atoms with E-state index >= 15 is 0 Å². The van der Waals surface area contributed by atoms with Gasteiger partial charge in [-0.1, -0.05) is 49.9 Å². The number of aliphatic carboxylic acids is 1. The minimum Gasteiger partial charge on any atom is -0.481 e. The zero-order valence-electron chi connectivity index (χ0n) is 11.4. The van der Waals surface area contributed by atoms with E-state index in [1.807, 2.05) is 6.07 Å². The molecular weight excluding hydrogens is 236 g/mol. The fraction of sp³-hybridized carbons (Fsp3) is 0.588. The molecule has 0 radical (unpaired) electrons. The van der Waals surface area contributed by atoms with Gasteiger partial charge in [0.25, 0.3) is 0 Å². The lowest BCUT2D eigenvalue weighted by Gasteiger charge is -2.29. The Morgan fingerprint density at radius 2 is 1.68 bits per heavy atom. The number of benzene rings is 1. The van der Waals surface area contributed by atoms with Crippen LogP contribution < -0.4 is 0 Å². The smallest absolute Gasteiger partial charge is 0.314 e. The molecule has 0 unspecified atom stereocenters. The summed E-state index contributed by atoms with van der Waals surface area (Å²) in [5, 5.41) is 9.78. The Bertz CT molecular complexity index is 466. The first-order chi connectivity index (χ1) is 9.24. The van der Waals surface area contributed by atoms with Crippen LogP contribution in [0, 0.1) is 0 Å². The zero-order chi connectivity index (χ0) is 13.3. The number of carboxylic acid groups (broad SMARTS) is 1. The lowest BCUT2D eigenvalue weighted by Crippen LogP contribution is -2.34. The van der Waals surface area contributed by atoms with Gasteiger partial charge >= 0.3 is 5.97 Å². The van der Waals surface area contributed by atoms with Gasteiger partial charge in [-0.3, -0.25) is 4.79 Å². The lowest BCUT2D eigenvalue weighted by atomic mass is 9.74. The van der Waals surface area contributed by atoms with Crippen LogP contribution in [0.4, 0.5) is 0 Å². The predicted molar refractivity (Wildman–Crippen MR) is 75.4 cm³/mol. The molecule has 2 aliphatic carbocycles. The lowest BCUT2D eigenvalue weighted by molar-refractivity contribution is -0.143. The number of hydrogen-bond acceptors (Lipinski definition) is 1. The summed E-state index contributed by atoms with van der Waals surface area (Å²) in [4.78, 5) is 11.9. The number of hydrogen-bond donors (Lipinski definition) is 1. The number of carbonyl (C=O) groups is 1. The normalized spacial score (nSPS) is 22.7. The summed E-state index contributed by atoms with van der Waals surface area (Å²) in [5.74, 6) is -0.0246. The first-order valence-corrected chi connectivity index (χ1v) is 7.57. The second-order valence-corrected chi connectivity index (χ2v) is 6.16. The minimum atomic E-state index is -0.615. The monoisotopic (exact) mass is 258 g/mol. The van der Waals surface area contributed by atoms with Crippen LogP contribution in [0.25, 0.3) is 0 Å². The van der Waals surface area contributed by atoms with Crippen molar-refractivity contribution in [3.05, 3.63) is 35.4 Å². The number of rotatable bonds is 3. The van der Waals surface area contributed by atoms with Gasteiger partial charge in [-0.2, -0.15) is 0 Å². The second-order valence-electron chi connectivity index (χ2n) is 6.16. The standard InChI is InChI=1S/C17H22O2/c18-16(19)17(11-5-6-12-17)15-10-4-3-9-14(15)13-7-1-2-8-13/h3-4,9-10,13H,1-2,5-8,11-12H2,(H,18,19). The van der Waals surface area contributed by atoms with Crippen LogP contribution in [-0.4, -0.2) is 11.1 Å². The van der Waals surface area contributed by atoms with Gasteiger partial charge in [0.1, 0.15) is 0 Å². The molecule has 0 saturated heterocycles. The van der Waals surface area contributed by atoms with Crippen molar-refractivity contribution in [2.24, 2.45) is 0 Å². The van der Waals surface area contributed by atoms with Crippen LogP contribution >= 0.6 is 0 Å². The zero-order valence-corrected chi connectivity index (χ0v) is 11.4. The molecule has 3 rings (SSSR count). The van der Waals surface area contributed by atoms with Gasteiger partial charge in [0.15, 0.2) is 0 Å². The molecule has 0 aromatic heterocycles. The van der Waals surface area contributed by atoms with Crippen LogP contribution in [0.15, 0.2) is 24.3 Å². The third-order valence-corrected chi connectivity index (χ3v) is 5.14. The third kappa shape index (κ3) is 2.07. The Morgan fingerprint density at radius 3 is 2.32 bits per heavy atom. The van der Waals surface area contributed by atoms with E-state index in [1.54, 1.807) is 0 Å². The maximum absolute atomic E-state index is 11.9. The Hall–Kier alpha value is -1.31. The van der Waals surface area contributed by atoms with Gasteiger partial charge in [0, 0.05) is 0 Å². The molecule has 1 aromatic rings. The molecule has 0 heterocycles. The highest BCUT2D eigenvalue weighted by Crippen LogP contribution is 2.46. The van der Waals surface area contributed by atoms with Crippen molar-refractivity contribution in [1.82, 2.24) is 0 Å². The fourth-order valence-electron chi connectivity index (χ4n) is 4.10. The van der Waals surface area contributed by atoms with Crippen LogP contribution in [0.5, 0.6) is 0 Å². The molecule has 102 valence electrons. The van der Waals surface area contributed by atoms with Crippen molar-refractivity contribution in [2.45, 2.75) is 62.7 Å². The highest BCUT2D eigenvalue weighted by molar-refractivity contribution is 5.82. The first-order valence-electron chi connectivity index (χ1n) is 7.57. The van der Waals surface area contributed by atoms with E-state index in [0.29, 0.717) is 5.92 Å². The highest BCUT2D eigenvalue weighted by atomic mass is 16.4. The van der Waals surface area contributed by atoms with Crippen LogP contribution in [0.2, 0.25) is 0 Å². The molecule has 19 heavy (non-hydrogen) atoms. The van der Waals surface area contributed by atoms with Gasteiger partial charge in [0.05, 0.1) is 5.41 Å². The van der Waals surface area contributed by atoms with E-state index < -0.39 is 11.4 Å². The van der Waals surface area contributed by atoms with E-state index in [1.165, 1.54) is 31.2 Å². The second kappa shape index (κ2) is 4.99. The van der Waals surface area contributed by atoms with E-state index in [0.717, 1.165) is 31.2 Å². The molecule has 0 amide bonds. The molecule has 2 fully saturated rings. The summed E-state index contributed by atoms with van der Waals surface area (Å²) in [6, 6.07) is 8.33. The topological polar surface area (TPSA) is 37.3 Å². The van der Waals surface area contributed by atoms with Gasteiger partial charge in [-0.05, 0) is 42.7 Å². The predicted octanol–water partition coefficient (Wildman–Crippen LogP) is 4.24. The molecule has 2 nitrogen and oxygen atoms in total. The summed E-state index contributed by atoms with van der Waals surface area (Å²) < 4.78 is 0. The largest absolute Gasteiger partial charge is 0.481 e. The van der Waals surface area contributed by atoms with Crippen LogP contribution in [-0.2, 0) is 10.2 Å². The van der Waals surface area contributed by atoms with Crippen LogP contribution in [0.3, 0.4) is 0 Å². The van der Waals surface area contributed by atoms with Gasteiger partial charge in [-0.25, -0.2) is 0 Å². The Labute approximate surface area is 114 Å². The molecule has 1 N–H and O–H groups in total. The van der Waals surface area contributed by atoms with Crippen molar-refractivity contribution < 1.29 is 9.90 Å². The molecule has 2 aliphatic rings. The van der Waals surface area contributed by atoms with Gasteiger partial charge in [-0.15, -0.1) is 0 Å². The molecule has 2 saturated carbocycles. The van der Waals surface area contributed by atoms with Gasteiger partial charge in [0.2, 0.25) is 0 Å². The van der Waals surface area contributed by atoms with Crippen molar-refractivity contribution in [1.29, 1.82) is 0 Å². The summed E-state index contributed by atoms with van der Waals surface area (Å²) in [5.41, 5.74) is 1.84.